The van der Waals surface area contributed by atoms with Gasteiger partial charge in [-0.1, -0.05) is 12.1 Å². The molecule has 2 heterocycles. The zero-order chi connectivity index (χ0) is 41.2. The number of benzene rings is 2. The fourth-order valence-electron chi connectivity index (χ4n) is 8.20. The van der Waals surface area contributed by atoms with Gasteiger partial charge in [0.25, 0.3) is 10.1 Å². The Morgan fingerprint density at radius 2 is 1.05 bits per heavy atom. The van der Waals surface area contributed by atoms with Gasteiger partial charge in [0, 0.05) is 23.8 Å². The molecule has 4 aliphatic rings. The third-order valence-corrected chi connectivity index (χ3v) is 13.8. The lowest BCUT2D eigenvalue weighted by Crippen LogP contribution is -2.34. The van der Waals surface area contributed by atoms with E-state index in [1.807, 2.05) is 0 Å². The number of amides is 4. The van der Waals surface area contributed by atoms with Gasteiger partial charge in [0.2, 0.25) is 0 Å². The number of aromatic nitrogens is 4. The summed E-state index contributed by atoms with van der Waals surface area (Å²) in [5, 5.41) is 22.5. The minimum atomic E-state index is -3.69. The number of anilines is 2. The number of hydrogen-bond donors (Lipinski definition) is 7. The standard InChI is InChI=1S/C19H25N5O5S2.C18H23N5O3S/c1-30(26,27)29-11-10-24-9-8-17(22-24)31(20,28)23-19(25)21-18-15-6-2-4-13(15)12-14-5-3-7-16(14)18;19-27(26,16-7-8-23(21-16)9-10-24)22-18(25)20-17-14-5-1-3-12(14)11-13-4-2-6-15(13)17/h8-9,12H,2-7,10-11H2,1H3,(H3,20,21,23,25,28);7-8,11,24H,1-6,9-10H2,(H3,19,20,22,25,26). The summed E-state index contributed by atoms with van der Waals surface area (Å²) in [6.45, 7) is 0.0802. The van der Waals surface area contributed by atoms with Crippen LogP contribution in [0.2, 0.25) is 0 Å². The second kappa shape index (κ2) is 16.8. The highest BCUT2D eigenvalue weighted by molar-refractivity contribution is 7.91. The van der Waals surface area contributed by atoms with E-state index in [0.29, 0.717) is 0 Å². The highest BCUT2D eigenvalue weighted by atomic mass is 32.2. The minimum absolute atomic E-state index is 0.0328. The molecule has 2 aromatic carbocycles. The van der Waals surface area contributed by atoms with Crippen molar-refractivity contribution in [2.75, 3.05) is 30.1 Å². The quantitative estimate of drug-likeness (QED) is 0.101. The Morgan fingerprint density at radius 1 is 0.672 bits per heavy atom. The summed E-state index contributed by atoms with van der Waals surface area (Å²) >= 11 is 0. The second-order valence-electron chi connectivity index (χ2n) is 14.8. The van der Waals surface area contributed by atoms with Crippen LogP contribution in [0.5, 0.6) is 0 Å². The van der Waals surface area contributed by atoms with Crippen molar-refractivity contribution in [1.82, 2.24) is 29.0 Å². The molecule has 21 heteroatoms. The van der Waals surface area contributed by atoms with Crippen LogP contribution in [-0.4, -0.2) is 73.0 Å². The summed E-state index contributed by atoms with van der Waals surface area (Å²) in [6, 6.07) is 5.94. The van der Waals surface area contributed by atoms with Crippen LogP contribution in [0.1, 0.15) is 70.2 Å². The zero-order valence-electron chi connectivity index (χ0n) is 32.1. The van der Waals surface area contributed by atoms with Crippen LogP contribution in [-0.2, 0) is 98.6 Å². The molecule has 18 nitrogen and oxygen atoms in total. The van der Waals surface area contributed by atoms with Crippen LogP contribution in [0.25, 0.3) is 0 Å². The van der Waals surface area contributed by atoms with Crippen molar-refractivity contribution in [3.8, 4) is 0 Å². The molecule has 2 unspecified atom stereocenters. The smallest absolute Gasteiger partial charge is 0.332 e. The highest BCUT2D eigenvalue weighted by Gasteiger charge is 2.28. The van der Waals surface area contributed by atoms with Crippen LogP contribution in [0.15, 0.2) is 46.7 Å². The number of hydrogen-bond acceptors (Lipinski definition) is 12. The van der Waals surface area contributed by atoms with Crippen LogP contribution in [0, 0.1) is 9.56 Å². The number of fused-ring (bicyclic) bond motifs is 4. The first-order chi connectivity index (χ1) is 27.6. The molecule has 4 amide bonds. The van der Waals surface area contributed by atoms with E-state index in [1.165, 1.54) is 67.3 Å². The van der Waals surface area contributed by atoms with Crippen molar-refractivity contribution in [3.05, 3.63) is 81.2 Å². The minimum Gasteiger partial charge on any atom is -0.394 e. The summed E-state index contributed by atoms with van der Waals surface area (Å²) < 4.78 is 75.4. The van der Waals surface area contributed by atoms with Crippen molar-refractivity contribution in [3.63, 3.8) is 0 Å². The van der Waals surface area contributed by atoms with Crippen LogP contribution < -0.4 is 20.1 Å². The van der Waals surface area contributed by atoms with Gasteiger partial charge in [0.15, 0.2) is 29.9 Å². The van der Waals surface area contributed by atoms with Gasteiger partial charge < -0.3 is 15.7 Å². The fraction of sp³-hybridized carbons (Fsp3) is 0.459. The first-order valence-electron chi connectivity index (χ1n) is 19.2. The Hall–Kier alpha value is -4.83. The zero-order valence-corrected chi connectivity index (χ0v) is 34.5. The van der Waals surface area contributed by atoms with Gasteiger partial charge >= 0.3 is 12.1 Å². The van der Waals surface area contributed by atoms with E-state index in [9.17, 15) is 26.4 Å². The van der Waals surface area contributed by atoms with Crippen LogP contribution in [0.4, 0.5) is 21.0 Å². The topological polar surface area (TPSA) is 263 Å². The molecule has 0 saturated carbocycles. The number of aryl methyl sites for hydroxylation is 4. The summed E-state index contributed by atoms with van der Waals surface area (Å²) in [7, 11) is -10.8. The maximum absolute atomic E-state index is 12.8. The van der Waals surface area contributed by atoms with Crippen molar-refractivity contribution in [1.29, 1.82) is 9.56 Å². The molecule has 7 N–H and O–H groups in total. The normalized spacial score (nSPS) is 17.1. The maximum atomic E-state index is 12.8. The molecule has 0 bridgehead atoms. The van der Waals surface area contributed by atoms with Crippen LogP contribution in [0.3, 0.4) is 0 Å². The monoisotopic (exact) mass is 856 g/mol. The Morgan fingerprint density at radius 3 is 1.41 bits per heavy atom. The molecular weight excluding hydrogens is 809 g/mol. The predicted molar refractivity (Wildman–Crippen MR) is 216 cm³/mol. The number of carbonyl (C=O) groups is 2. The molecule has 4 aliphatic carbocycles. The van der Waals surface area contributed by atoms with Gasteiger partial charge in [-0.2, -0.15) is 18.6 Å². The lowest BCUT2D eigenvalue weighted by molar-refractivity contribution is 0.255. The molecule has 0 aliphatic heterocycles. The Bertz CT molecular complexity index is 2520. The Labute approximate surface area is 337 Å². The van der Waals surface area contributed by atoms with Crippen molar-refractivity contribution in [2.45, 2.75) is 100 Å². The molecule has 8 rings (SSSR count). The lowest BCUT2D eigenvalue weighted by atomic mass is 9.99. The maximum Gasteiger partial charge on any atom is 0.332 e. The molecular formula is C37H48N10O8S3. The lowest BCUT2D eigenvalue weighted by Gasteiger charge is -2.17. The molecule has 58 heavy (non-hydrogen) atoms. The Balaban J connectivity index is 0.000000178. The van der Waals surface area contributed by atoms with E-state index in [1.54, 1.807) is 0 Å². The van der Waals surface area contributed by atoms with Crippen molar-refractivity contribution in [2.24, 2.45) is 0 Å². The molecule has 2 aromatic heterocycles. The molecule has 0 radical (unpaired) electrons. The number of urea groups is 2. The third kappa shape index (κ3) is 9.38. The molecule has 0 saturated heterocycles. The van der Waals surface area contributed by atoms with Gasteiger partial charge in [-0.05, 0) is 134 Å². The van der Waals surface area contributed by atoms with Gasteiger partial charge in [-0.25, -0.2) is 37.0 Å². The molecule has 0 spiro atoms. The van der Waals surface area contributed by atoms with E-state index in [4.69, 9.17) is 14.7 Å². The van der Waals surface area contributed by atoms with E-state index < -0.39 is 42.0 Å². The summed E-state index contributed by atoms with van der Waals surface area (Å²) in [4.78, 5) is 25.2. The average Bonchev–Trinajstić information content (AvgIpc) is 3.99. The highest BCUT2D eigenvalue weighted by Crippen LogP contribution is 2.40. The average molecular weight is 857 g/mol. The van der Waals surface area contributed by atoms with Gasteiger partial charge in [0.1, 0.15) is 0 Å². The van der Waals surface area contributed by atoms with E-state index >= 15 is 0 Å². The first-order valence-corrected chi connectivity index (χ1v) is 24.1. The number of aliphatic hydroxyl groups is 1. The summed E-state index contributed by atoms with van der Waals surface area (Å²) in [5.41, 5.74) is 11.4. The van der Waals surface area contributed by atoms with E-state index in [-0.39, 0.29) is 36.4 Å². The summed E-state index contributed by atoms with van der Waals surface area (Å²) in [5.74, 6) is 0. The van der Waals surface area contributed by atoms with Crippen LogP contribution >= 0.6 is 0 Å². The van der Waals surface area contributed by atoms with Gasteiger partial charge in [-0.15, -0.1) is 0 Å². The SMILES string of the molecule is CS(=O)(=O)OCCn1ccc(S(=N)(=O)NC(=O)Nc2c3c(cc4c2CCC4)CCC3)n1.N=S(=O)(NC(=O)Nc1c2c(cc3c1CCC3)CCC2)c1ccn(CCO)n1. The number of nitrogens with one attached hydrogen (secondary N) is 6. The molecule has 4 aromatic rings. The molecule has 0 fully saturated rings. The van der Waals surface area contributed by atoms with Gasteiger partial charge in [-0.3, -0.25) is 13.5 Å². The number of carbonyl (C=O) groups excluding carboxylic acids is 2. The van der Waals surface area contributed by atoms with Gasteiger partial charge in [0.05, 0.1) is 32.6 Å². The molecule has 312 valence electrons. The largest absolute Gasteiger partial charge is 0.394 e. The fourth-order valence-corrected chi connectivity index (χ4v) is 10.4. The number of nitrogens with zero attached hydrogens (tertiary/aromatic N) is 4. The third-order valence-electron chi connectivity index (χ3n) is 10.7. The number of aliphatic hydroxyl groups excluding tert-OH is 1. The Kier molecular flexibility index (Phi) is 12.0. The predicted octanol–water partition coefficient (Wildman–Crippen LogP) is 3.97. The number of rotatable bonds is 12. The second-order valence-corrected chi connectivity index (χ2v) is 19.9. The van der Waals surface area contributed by atoms with E-state index in [0.717, 1.165) is 106 Å². The summed E-state index contributed by atoms with van der Waals surface area (Å²) in [6.07, 6.45) is 15.9. The molecule has 2 atom stereocenters. The van der Waals surface area contributed by atoms with Crippen molar-refractivity contribution < 1.29 is 35.7 Å². The first kappa shape index (κ1) is 41.3. The van der Waals surface area contributed by atoms with Crippen molar-refractivity contribution >= 4 is 53.4 Å². The van der Waals surface area contributed by atoms with E-state index in [2.05, 4.69) is 46.6 Å².